The normalized spacial score (nSPS) is 9.53. The van der Waals surface area contributed by atoms with Gasteiger partial charge in [-0.05, 0) is 23.6 Å². The molecule has 0 aliphatic carbocycles. The van der Waals surface area contributed by atoms with Crippen molar-refractivity contribution in [3.8, 4) is 11.8 Å². The lowest BCUT2D eigenvalue weighted by Crippen LogP contribution is -2.09. The maximum Gasteiger partial charge on any atom is 0.310 e. The SMILES string of the molecule is CCc1ccc(OC)c(C#N)c1CC(=O)OC. The molecule has 0 amide bonds. The highest BCUT2D eigenvalue weighted by molar-refractivity contribution is 5.75. The Morgan fingerprint density at radius 1 is 1.41 bits per heavy atom. The monoisotopic (exact) mass is 233 g/mol. The Labute approximate surface area is 101 Å². The first-order valence-corrected chi connectivity index (χ1v) is 5.33. The van der Waals surface area contributed by atoms with E-state index in [4.69, 9.17) is 10.00 Å². The molecule has 0 atom stereocenters. The van der Waals surface area contributed by atoms with E-state index in [1.807, 2.05) is 13.0 Å². The molecule has 0 bridgehead atoms. The molecule has 0 fully saturated rings. The van der Waals surface area contributed by atoms with Crippen molar-refractivity contribution >= 4 is 5.97 Å². The van der Waals surface area contributed by atoms with Crippen molar-refractivity contribution in [3.05, 3.63) is 28.8 Å². The van der Waals surface area contributed by atoms with Crippen LogP contribution in [0.3, 0.4) is 0 Å². The number of rotatable bonds is 4. The van der Waals surface area contributed by atoms with E-state index in [2.05, 4.69) is 10.8 Å². The number of carbonyl (C=O) groups is 1. The predicted molar refractivity (Wildman–Crippen MR) is 62.8 cm³/mol. The smallest absolute Gasteiger partial charge is 0.310 e. The summed E-state index contributed by atoms with van der Waals surface area (Å²) in [5, 5.41) is 9.15. The van der Waals surface area contributed by atoms with Crippen molar-refractivity contribution in [1.29, 1.82) is 5.26 Å². The van der Waals surface area contributed by atoms with E-state index >= 15 is 0 Å². The van der Waals surface area contributed by atoms with Crippen LogP contribution in [0.15, 0.2) is 12.1 Å². The zero-order chi connectivity index (χ0) is 12.8. The van der Waals surface area contributed by atoms with Crippen molar-refractivity contribution in [2.75, 3.05) is 14.2 Å². The minimum atomic E-state index is -0.357. The van der Waals surface area contributed by atoms with Gasteiger partial charge in [-0.15, -0.1) is 0 Å². The molecule has 1 aromatic rings. The fourth-order valence-electron chi connectivity index (χ4n) is 1.71. The van der Waals surface area contributed by atoms with Crippen molar-refractivity contribution in [1.82, 2.24) is 0 Å². The number of nitriles is 1. The molecule has 0 radical (unpaired) electrons. The first-order chi connectivity index (χ1) is 8.17. The highest BCUT2D eigenvalue weighted by atomic mass is 16.5. The van der Waals surface area contributed by atoms with Gasteiger partial charge in [-0.1, -0.05) is 13.0 Å². The summed E-state index contributed by atoms with van der Waals surface area (Å²) >= 11 is 0. The van der Waals surface area contributed by atoms with Gasteiger partial charge in [-0.3, -0.25) is 4.79 Å². The molecule has 0 N–H and O–H groups in total. The van der Waals surface area contributed by atoms with Crippen LogP contribution in [-0.4, -0.2) is 20.2 Å². The van der Waals surface area contributed by atoms with Gasteiger partial charge in [0.25, 0.3) is 0 Å². The van der Waals surface area contributed by atoms with Crippen LogP contribution in [0.2, 0.25) is 0 Å². The van der Waals surface area contributed by atoms with E-state index in [0.717, 1.165) is 12.0 Å². The van der Waals surface area contributed by atoms with Crippen molar-refractivity contribution in [2.45, 2.75) is 19.8 Å². The Morgan fingerprint density at radius 2 is 2.12 bits per heavy atom. The zero-order valence-corrected chi connectivity index (χ0v) is 10.2. The van der Waals surface area contributed by atoms with Gasteiger partial charge in [-0.2, -0.15) is 5.26 Å². The van der Waals surface area contributed by atoms with Crippen molar-refractivity contribution < 1.29 is 14.3 Å². The summed E-state index contributed by atoms with van der Waals surface area (Å²) in [5.41, 5.74) is 2.08. The molecule has 0 saturated heterocycles. The van der Waals surface area contributed by atoms with Gasteiger partial charge >= 0.3 is 5.97 Å². The Bertz CT molecular complexity index is 460. The number of hydrogen-bond acceptors (Lipinski definition) is 4. The van der Waals surface area contributed by atoms with Gasteiger partial charge in [0.1, 0.15) is 11.8 Å². The molecular weight excluding hydrogens is 218 g/mol. The third kappa shape index (κ3) is 2.76. The van der Waals surface area contributed by atoms with Gasteiger partial charge in [-0.25, -0.2) is 0 Å². The highest BCUT2D eigenvalue weighted by Crippen LogP contribution is 2.26. The lowest BCUT2D eigenvalue weighted by molar-refractivity contribution is -0.139. The second-order valence-corrected chi connectivity index (χ2v) is 3.50. The molecule has 90 valence electrons. The number of benzene rings is 1. The molecule has 0 unspecified atom stereocenters. The lowest BCUT2D eigenvalue weighted by atomic mass is 9.96. The summed E-state index contributed by atoms with van der Waals surface area (Å²) in [4.78, 5) is 11.3. The lowest BCUT2D eigenvalue weighted by Gasteiger charge is -2.12. The molecule has 1 aromatic carbocycles. The summed E-state index contributed by atoms with van der Waals surface area (Å²) in [6.07, 6.45) is 0.852. The topological polar surface area (TPSA) is 59.3 Å². The van der Waals surface area contributed by atoms with Gasteiger partial charge in [0.05, 0.1) is 26.2 Å². The molecular formula is C13H15NO3. The largest absolute Gasteiger partial charge is 0.495 e. The Kier molecular flexibility index (Phi) is 4.53. The second kappa shape index (κ2) is 5.90. The zero-order valence-electron chi connectivity index (χ0n) is 10.2. The second-order valence-electron chi connectivity index (χ2n) is 3.50. The molecule has 1 rings (SSSR count). The van der Waals surface area contributed by atoms with Gasteiger partial charge < -0.3 is 9.47 Å². The van der Waals surface area contributed by atoms with Gasteiger partial charge in [0.2, 0.25) is 0 Å². The molecule has 0 aliphatic rings. The number of ether oxygens (including phenoxy) is 2. The Hall–Kier alpha value is -2.02. The summed E-state index contributed by atoms with van der Waals surface area (Å²) in [6.45, 7) is 1.98. The van der Waals surface area contributed by atoms with Crippen molar-refractivity contribution in [2.24, 2.45) is 0 Å². The average molecular weight is 233 g/mol. The molecule has 0 heterocycles. The third-order valence-corrected chi connectivity index (χ3v) is 2.63. The van der Waals surface area contributed by atoms with Crippen molar-refractivity contribution in [3.63, 3.8) is 0 Å². The standard InChI is InChI=1S/C13H15NO3/c1-4-9-5-6-12(16-2)11(8-14)10(9)7-13(15)17-3/h5-6H,4,7H2,1-3H3. The maximum absolute atomic E-state index is 11.3. The molecule has 0 spiro atoms. The Balaban J connectivity index is 3.31. The first-order valence-electron chi connectivity index (χ1n) is 5.33. The summed E-state index contributed by atoms with van der Waals surface area (Å²) < 4.78 is 9.75. The number of esters is 1. The van der Waals surface area contributed by atoms with Crippen LogP contribution in [0, 0.1) is 11.3 Å². The van der Waals surface area contributed by atoms with Crippen LogP contribution in [0.4, 0.5) is 0 Å². The molecule has 4 nitrogen and oxygen atoms in total. The quantitative estimate of drug-likeness (QED) is 0.744. The van der Waals surface area contributed by atoms with Crippen LogP contribution < -0.4 is 4.74 Å². The maximum atomic E-state index is 11.3. The van der Waals surface area contributed by atoms with Crippen LogP contribution in [0.5, 0.6) is 5.75 Å². The number of methoxy groups -OCH3 is 2. The first kappa shape index (κ1) is 13.0. The number of nitrogens with zero attached hydrogens (tertiary/aromatic N) is 1. The minimum absolute atomic E-state index is 0.0970. The fourth-order valence-corrected chi connectivity index (χ4v) is 1.71. The number of aryl methyl sites for hydroxylation is 1. The summed E-state index contributed by atoms with van der Waals surface area (Å²) in [6, 6.07) is 5.71. The van der Waals surface area contributed by atoms with Crippen LogP contribution in [0.25, 0.3) is 0 Å². The fraction of sp³-hybridized carbons (Fsp3) is 0.385. The van der Waals surface area contributed by atoms with E-state index in [-0.39, 0.29) is 12.4 Å². The number of hydrogen-bond donors (Lipinski definition) is 0. The van der Waals surface area contributed by atoms with Gasteiger partial charge in [0.15, 0.2) is 0 Å². The molecule has 17 heavy (non-hydrogen) atoms. The van der Waals surface area contributed by atoms with Gasteiger partial charge in [0, 0.05) is 0 Å². The van der Waals surface area contributed by atoms with E-state index in [9.17, 15) is 4.79 Å². The minimum Gasteiger partial charge on any atom is -0.495 e. The number of carbonyl (C=O) groups excluding carboxylic acids is 1. The molecule has 4 heteroatoms. The molecule has 0 aliphatic heterocycles. The average Bonchev–Trinajstić information content (AvgIpc) is 2.37. The van der Waals surface area contributed by atoms with E-state index < -0.39 is 0 Å². The highest BCUT2D eigenvalue weighted by Gasteiger charge is 2.16. The summed E-state index contributed by atoms with van der Waals surface area (Å²) in [5.74, 6) is 0.132. The van der Waals surface area contributed by atoms with Crippen LogP contribution in [0.1, 0.15) is 23.6 Å². The van der Waals surface area contributed by atoms with Crippen LogP contribution in [-0.2, 0) is 22.4 Å². The third-order valence-electron chi connectivity index (χ3n) is 2.63. The molecule has 0 aromatic heterocycles. The predicted octanol–water partition coefficient (Wildman–Crippen LogP) is 1.84. The summed E-state index contributed by atoms with van der Waals surface area (Å²) in [7, 11) is 2.84. The molecule has 0 saturated carbocycles. The van der Waals surface area contributed by atoms with E-state index in [0.29, 0.717) is 16.9 Å². The Morgan fingerprint density at radius 3 is 2.59 bits per heavy atom. The van der Waals surface area contributed by atoms with Crippen LogP contribution >= 0.6 is 0 Å². The van der Waals surface area contributed by atoms with E-state index in [1.165, 1.54) is 14.2 Å². The van der Waals surface area contributed by atoms with E-state index in [1.54, 1.807) is 6.07 Å².